The zero-order valence-electron chi connectivity index (χ0n) is 11.2. The van der Waals surface area contributed by atoms with E-state index in [9.17, 15) is 0 Å². The molecule has 0 aliphatic carbocycles. The van der Waals surface area contributed by atoms with Crippen molar-refractivity contribution in [2.45, 2.75) is 39.2 Å². The second-order valence-corrected chi connectivity index (χ2v) is 5.20. The summed E-state index contributed by atoms with van der Waals surface area (Å²) in [5, 5.41) is 3.58. The Labute approximate surface area is 101 Å². The molecule has 1 aliphatic rings. The van der Waals surface area contributed by atoms with Crippen LogP contribution in [0.15, 0.2) is 0 Å². The molecule has 96 valence electrons. The number of hydrogen-bond acceptors (Lipinski definition) is 3. The minimum absolute atomic E-state index is 0.671. The van der Waals surface area contributed by atoms with Crippen LogP contribution in [0, 0.1) is 5.92 Å². The summed E-state index contributed by atoms with van der Waals surface area (Å²) in [6.45, 7) is 10.4. The Balaban J connectivity index is 2.21. The van der Waals surface area contributed by atoms with Gasteiger partial charge in [-0.1, -0.05) is 6.92 Å². The van der Waals surface area contributed by atoms with E-state index in [1.807, 2.05) is 0 Å². The average molecular weight is 228 g/mol. The van der Waals surface area contributed by atoms with Crippen LogP contribution < -0.4 is 5.32 Å². The predicted octanol–water partition coefficient (Wildman–Crippen LogP) is 1.73. The fraction of sp³-hybridized carbons (Fsp3) is 1.00. The molecule has 0 aromatic rings. The Morgan fingerprint density at radius 2 is 2.12 bits per heavy atom. The van der Waals surface area contributed by atoms with Crippen molar-refractivity contribution in [1.82, 2.24) is 10.2 Å². The summed E-state index contributed by atoms with van der Waals surface area (Å²) in [5.41, 5.74) is 0. The molecule has 3 heteroatoms. The molecule has 1 saturated heterocycles. The van der Waals surface area contributed by atoms with E-state index in [1.165, 1.54) is 38.9 Å². The number of hydrogen-bond donors (Lipinski definition) is 1. The molecule has 1 aliphatic heterocycles. The second-order valence-electron chi connectivity index (χ2n) is 5.20. The van der Waals surface area contributed by atoms with Gasteiger partial charge in [0.2, 0.25) is 0 Å². The van der Waals surface area contributed by atoms with Crippen LogP contribution in [0.3, 0.4) is 0 Å². The van der Waals surface area contributed by atoms with Crippen LogP contribution in [-0.2, 0) is 4.74 Å². The molecule has 16 heavy (non-hydrogen) atoms. The van der Waals surface area contributed by atoms with Gasteiger partial charge in [-0.25, -0.2) is 0 Å². The number of nitrogens with one attached hydrogen (secondary N) is 1. The summed E-state index contributed by atoms with van der Waals surface area (Å²) in [6.07, 6.45) is 3.73. The highest BCUT2D eigenvalue weighted by Crippen LogP contribution is 2.08. The molecule has 3 nitrogen and oxygen atoms in total. The molecule has 0 bridgehead atoms. The Morgan fingerprint density at radius 1 is 1.31 bits per heavy atom. The molecule has 0 aromatic heterocycles. The molecule has 0 saturated carbocycles. The summed E-state index contributed by atoms with van der Waals surface area (Å²) in [5.74, 6) is 0.769. The van der Waals surface area contributed by atoms with E-state index in [-0.39, 0.29) is 0 Å². The Bertz CT molecular complexity index is 175. The van der Waals surface area contributed by atoms with Crippen molar-refractivity contribution in [3.05, 3.63) is 0 Å². The third-order valence-electron chi connectivity index (χ3n) is 3.34. The maximum atomic E-state index is 5.09. The van der Waals surface area contributed by atoms with E-state index in [0.29, 0.717) is 6.04 Å². The molecule has 1 heterocycles. The smallest absolute Gasteiger partial charge is 0.0462 e. The second kappa shape index (κ2) is 8.04. The fourth-order valence-corrected chi connectivity index (χ4v) is 2.26. The number of rotatable bonds is 5. The van der Waals surface area contributed by atoms with Crippen molar-refractivity contribution in [2.75, 3.05) is 39.9 Å². The van der Waals surface area contributed by atoms with Gasteiger partial charge < -0.3 is 15.0 Å². The maximum absolute atomic E-state index is 5.09. The number of nitrogens with zero attached hydrogens (tertiary/aromatic N) is 1. The third-order valence-corrected chi connectivity index (χ3v) is 3.34. The predicted molar refractivity (Wildman–Crippen MR) is 68.8 cm³/mol. The van der Waals surface area contributed by atoms with E-state index in [0.717, 1.165) is 19.1 Å². The highest BCUT2D eigenvalue weighted by molar-refractivity contribution is 4.73. The van der Waals surface area contributed by atoms with Crippen LogP contribution in [0.4, 0.5) is 0 Å². The lowest BCUT2D eigenvalue weighted by atomic mass is 10.1. The van der Waals surface area contributed by atoms with Gasteiger partial charge in [-0.05, 0) is 51.7 Å². The summed E-state index contributed by atoms with van der Waals surface area (Å²) in [6, 6.07) is 0.671. The Kier molecular flexibility index (Phi) is 7.01. The molecule has 0 aromatic carbocycles. The first-order chi connectivity index (χ1) is 7.72. The number of methoxy groups -OCH3 is 1. The summed E-state index contributed by atoms with van der Waals surface area (Å²) in [4.78, 5) is 2.62. The van der Waals surface area contributed by atoms with Crippen LogP contribution in [0.5, 0.6) is 0 Å². The van der Waals surface area contributed by atoms with E-state index in [1.54, 1.807) is 7.11 Å². The number of ether oxygens (including phenoxy) is 1. The standard InChI is InChI=1S/C13H28N2O/c1-12-10-14-13(2)6-8-15(11-12)7-4-5-9-16-3/h12-14H,4-11H2,1-3H3. The van der Waals surface area contributed by atoms with Gasteiger partial charge in [0, 0.05) is 26.3 Å². The summed E-state index contributed by atoms with van der Waals surface area (Å²) >= 11 is 0. The van der Waals surface area contributed by atoms with Crippen LogP contribution >= 0.6 is 0 Å². The lowest BCUT2D eigenvalue weighted by Gasteiger charge is -2.31. The zero-order chi connectivity index (χ0) is 11.8. The van der Waals surface area contributed by atoms with Crippen molar-refractivity contribution in [1.29, 1.82) is 0 Å². The summed E-state index contributed by atoms with van der Waals surface area (Å²) in [7, 11) is 1.78. The van der Waals surface area contributed by atoms with E-state index in [4.69, 9.17) is 4.74 Å². The van der Waals surface area contributed by atoms with Gasteiger partial charge in [-0.2, -0.15) is 0 Å². The minimum Gasteiger partial charge on any atom is -0.385 e. The molecule has 0 spiro atoms. The molecule has 1 rings (SSSR count). The molecular weight excluding hydrogens is 200 g/mol. The Morgan fingerprint density at radius 3 is 2.88 bits per heavy atom. The molecule has 0 radical (unpaired) electrons. The molecule has 1 N–H and O–H groups in total. The van der Waals surface area contributed by atoms with E-state index >= 15 is 0 Å². The first-order valence-electron chi connectivity index (χ1n) is 6.67. The molecular formula is C13H28N2O. The Hall–Kier alpha value is -0.120. The quantitative estimate of drug-likeness (QED) is 0.725. The SMILES string of the molecule is COCCCCN1CCC(C)NCC(C)C1. The van der Waals surface area contributed by atoms with Crippen molar-refractivity contribution < 1.29 is 4.74 Å². The minimum atomic E-state index is 0.671. The number of unbranched alkanes of at least 4 members (excludes halogenated alkanes) is 1. The van der Waals surface area contributed by atoms with Gasteiger partial charge in [0.15, 0.2) is 0 Å². The molecule has 1 fully saturated rings. The van der Waals surface area contributed by atoms with E-state index in [2.05, 4.69) is 24.1 Å². The lowest BCUT2D eigenvalue weighted by Crippen LogP contribution is -2.42. The molecule has 0 amide bonds. The molecule has 2 unspecified atom stereocenters. The van der Waals surface area contributed by atoms with E-state index < -0.39 is 0 Å². The first kappa shape index (κ1) is 13.9. The maximum Gasteiger partial charge on any atom is 0.0462 e. The van der Waals surface area contributed by atoms with Crippen molar-refractivity contribution in [2.24, 2.45) is 5.92 Å². The lowest BCUT2D eigenvalue weighted by molar-refractivity contribution is 0.171. The molecule has 2 atom stereocenters. The first-order valence-corrected chi connectivity index (χ1v) is 6.67. The fourth-order valence-electron chi connectivity index (χ4n) is 2.26. The highest BCUT2D eigenvalue weighted by Gasteiger charge is 2.15. The van der Waals surface area contributed by atoms with Gasteiger partial charge in [0.05, 0.1) is 0 Å². The average Bonchev–Trinajstić information content (AvgIpc) is 2.26. The van der Waals surface area contributed by atoms with Crippen molar-refractivity contribution >= 4 is 0 Å². The normalized spacial score (nSPS) is 28.7. The topological polar surface area (TPSA) is 24.5 Å². The van der Waals surface area contributed by atoms with Crippen molar-refractivity contribution in [3.63, 3.8) is 0 Å². The van der Waals surface area contributed by atoms with Gasteiger partial charge in [-0.3, -0.25) is 0 Å². The van der Waals surface area contributed by atoms with Gasteiger partial charge in [0.25, 0.3) is 0 Å². The monoisotopic (exact) mass is 228 g/mol. The highest BCUT2D eigenvalue weighted by atomic mass is 16.5. The van der Waals surface area contributed by atoms with Crippen LogP contribution in [0.1, 0.15) is 33.1 Å². The van der Waals surface area contributed by atoms with Crippen LogP contribution in [0.2, 0.25) is 0 Å². The van der Waals surface area contributed by atoms with Crippen LogP contribution in [0.25, 0.3) is 0 Å². The van der Waals surface area contributed by atoms with Gasteiger partial charge in [-0.15, -0.1) is 0 Å². The van der Waals surface area contributed by atoms with Gasteiger partial charge >= 0.3 is 0 Å². The van der Waals surface area contributed by atoms with Crippen molar-refractivity contribution in [3.8, 4) is 0 Å². The van der Waals surface area contributed by atoms with Crippen LogP contribution in [-0.4, -0.2) is 50.8 Å². The summed E-state index contributed by atoms with van der Waals surface area (Å²) < 4.78 is 5.09. The van der Waals surface area contributed by atoms with Gasteiger partial charge in [0.1, 0.15) is 0 Å². The third kappa shape index (κ3) is 5.83. The zero-order valence-corrected chi connectivity index (χ0v) is 11.2. The largest absolute Gasteiger partial charge is 0.385 e.